The molecule has 0 radical (unpaired) electrons. The van der Waals surface area contributed by atoms with Crippen molar-refractivity contribution in [3.8, 4) is 0 Å². The number of benzene rings is 1. The lowest BCUT2D eigenvalue weighted by atomic mass is 10.1. The average molecular weight is 280 g/mol. The van der Waals surface area contributed by atoms with Crippen LogP contribution in [0.1, 0.15) is 15.9 Å². The number of amides is 1. The van der Waals surface area contributed by atoms with Crippen LogP contribution >= 0.6 is 0 Å². The van der Waals surface area contributed by atoms with Gasteiger partial charge in [-0.05, 0) is 31.7 Å². The number of carbonyl (C=O) groups excluding carboxylic acids is 1. The molecule has 112 valence electrons. The highest BCUT2D eigenvalue weighted by Gasteiger charge is 2.10. The van der Waals surface area contributed by atoms with Crippen LogP contribution in [0.4, 0.5) is 5.69 Å². The number of nitrogens with one attached hydrogen (secondary N) is 2. The molecule has 0 saturated carbocycles. The van der Waals surface area contributed by atoms with Gasteiger partial charge in [-0.3, -0.25) is 10.6 Å². The molecule has 4 N–H and O–H groups in total. The van der Waals surface area contributed by atoms with Crippen LogP contribution in [-0.2, 0) is 4.74 Å². The molecule has 0 aliphatic carbocycles. The molecule has 0 atom stereocenters. The zero-order valence-electron chi connectivity index (χ0n) is 12.4. The van der Waals surface area contributed by atoms with Crippen molar-refractivity contribution in [2.45, 2.75) is 6.92 Å². The number of hydrogen-bond donors (Lipinski definition) is 3. The fourth-order valence-corrected chi connectivity index (χ4v) is 1.79. The molecule has 0 unspecified atom stereocenters. The topological polar surface area (TPSA) is 79.6 Å². The number of carbonyl (C=O) groups is 1. The Kier molecular flexibility index (Phi) is 7.00. The minimum absolute atomic E-state index is 0.127. The molecule has 1 rings (SSSR count). The third-order valence-electron chi connectivity index (χ3n) is 3.03. The van der Waals surface area contributed by atoms with Gasteiger partial charge in [0.15, 0.2) is 0 Å². The number of likely N-dealkylation sites (N-methyl/N-ethyl adjacent to an activating group) is 1. The molecule has 0 saturated heterocycles. The van der Waals surface area contributed by atoms with Crippen molar-refractivity contribution in [3.05, 3.63) is 29.3 Å². The lowest BCUT2D eigenvalue weighted by Crippen LogP contribution is -2.34. The van der Waals surface area contributed by atoms with Gasteiger partial charge in [-0.25, -0.2) is 0 Å². The Balaban J connectivity index is 2.47. The fraction of sp³-hybridized carbons (Fsp3) is 0.500. The van der Waals surface area contributed by atoms with Crippen LogP contribution in [0.25, 0.3) is 0 Å². The Morgan fingerprint density at radius 3 is 2.80 bits per heavy atom. The molecule has 0 aliphatic heterocycles. The normalized spacial score (nSPS) is 10.7. The van der Waals surface area contributed by atoms with Crippen LogP contribution in [0.3, 0.4) is 0 Å². The predicted octanol–water partition coefficient (Wildman–Crippen LogP) is 0.589. The number of nitrogens with two attached hydrogens (primary N) is 1. The van der Waals surface area contributed by atoms with Crippen LogP contribution in [0.2, 0.25) is 0 Å². The molecule has 0 aromatic heterocycles. The Morgan fingerprint density at radius 2 is 2.15 bits per heavy atom. The minimum Gasteiger partial charge on any atom is -0.383 e. The molecule has 0 bridgehead atoms. The summed E-state index contributed by atoms with van der Waals surface area (Å²) in [6.45, 7) is 4.83. The van der Waals surface area contributed by atoms with Gasteiger partial charge < -0.3 is 20.4 Å². The van der Waals surface area contributed by atoms with E-state index < -0.39 is 0 Å². The first-order valence-electron chi connectivity index (χ1n) is 6.61. The first-order chi connectivity index (χ1) is 9.58. The molecular formula is C14H24N4O2. The molecule has 0 spiro atoms. The zero-order chi connectivity index (χ0) is 15.0. The standard InChI is InChI=1S/C14H24N4O2/c1-11-4-5-12(13(10-11)17-15)14(19)16-6-7-18(2)8-9-20-3/h4-5,10,17H,6-9,15H2,1-3H3,(H,16,19). The molecule has 1 aromatic carbocycles. The van der Waals surface area contributed by atoms with E-state index in [2.05, 4.69) is 15.6 Å². The number of ether oxygens (including phenoxy) is 1. The molecule has 1 amide bonds. The van der Waals surface area contributed by atoms with E-state index in [0.717, 1.165) is 18.7 Å². The predicted molar refractivity (Wildman–Crippen MR) is 80.7 cm³/mol. The summed E-state index contributed by atoms with van der Waals surface area (Å²) in [6, 6.07) is 5.51. The van der Waals surface area contributed by atoms with Crippen molar-refractivity contribution in [1.29, 1.82) is 0 Å². The monoisotopic (exact) mass is 280 g/mol. The van der Waals surface area contributed by atoms with Crippen LogP contribution in [0.15, 0.2) is 18.2 Å². The molecule has 1 aromatic rings. The maximum Gasteiger partial charge on any atom is 0.253 e. The highest BCUT2D eigenvalue weighted by molar-refractivity contribution is 5.99. The van der Waals surface area contributed by atoms with E-state index in [9.17, 15) is 4.79 Å². The summed E-state index contributed by atoms with van der Waals surface area (Å²) < 4.78 is 5.00. The van der Waals surface area contributed by atoms with E-state index >= 15 is 0 Å². The highest BCUT2D eigenvalue weighted by atomic mass is 16.5. The Hall–Kier alpha value is -1.63. The van der Waals surface area contributed by atoms with E-state index in [-0.39, 0.29) is 5.91 Å². The van der Waals surface area contributed by atoms with Crippen molar-refractivity contribution in [1.82, 2.24) is 10.2 Å². The number of rotatable bonds is 8. The lowest BCUT2D eigenvalue weighted by molar-refractivity contribution is 0.0948. The quantitative estimate of drug-likeness (QED) is 0.480. The van der Waals surface area contributed by atoms with Crippen molar-refractivity contribution in [2.24, 2.45) is 5.84 Å². The fourth-order valence-electron chi connectivity index (χ4n) is 1.79. The number of hydrogen-bond acceptors (Lipinski definition) is 5. The average Bonchev–Trinajstić information content (AvgIpc) is 2.44. The van der Waals surface area contributed by atoms with Gasteiger partial charge >= 0.3 is 0 Å². The second-order valence-electron chi connectivity index (χ2n) is 4.75. The van der Waals surface area contributed by atoms with Gasteiger partial charge in [0.2, 0.25) is 0 Å². The van der Waals surface area contributed by atoms with Gasteiger partial charge in [0.05, 0.1) is 17.9 Å². The Bertz CT molecular complexity index is 437. The smallest absolute Gasteiger partial charge is 0.253 e. The largest absolute Gasteiger partial charge is 0.383 e. The minimum atomic E-state index is -0.127. The zero-order valence-corrected chi connectivity index (χ0v) is 12.4. The second kappa shape index (κ2) is 8.52. The summed E-state index contributed by atoms with van der Waals surface area (Å²) in [5.74, 6) is 5.31. The molecule has 0 fully saturated rings. The van der Waals surface area contributed by atoms with Gasteiger partial charge in [0, 0.05) is 26.7 Å². The summed E-state index contributed by atoms with van der Waals surface area (Å²) in [6.07, 6.45) is 0. The van der Waals surface area contributed by atoms with Crippen LogP contribution in [0.5, 0.6) is 0 Å². The summed E-state index contributed by atoms with van der Waals surface area (Å²) in [5, 5.41) is 2.88. The molecule has 0 heterocycles. The SMILES string of the molecule is COCCN(C)CCNC(=O)c1ccc(C)cc1NN. The number of nitrogens with zero attached hydrogens (tertiary/aromatic N) is 1. The summed E-state index contributed by atoms with van der Waals surface area (Å²) in [4.78, 5) is 14.2. The Labute approximate surface area is 120 Å². The number of aryl methyl sites for hydroxylation is 1. The van der Waals surface area contributed by atoms with E-state index in [0.29, 0.717) is 24.4 Å². The molecule has 6 heteroatoms. The van der Waals surface area contributed by atoms with Gasteiger partial charge in [-0.2, -0.15) is 0 Å². The number of hydrazine groups is 1. The van der Waals surface area contributed by atoms with Crippen LogP contribution in [0, 0.1) is 6.92 Å². The van der Waals surface area contributed by atoms with Crippen LogP contribution in [-0.4, -0.2) is 51.2 Å². The molecular weight excluding hydrogens is 256 g/mol. The molecule has 20 heavy (non-hydrogen) atoms. The summed E-state index contributed by atoms with van der Waals surface area (Å²) in [5.41, 5.74) is 4.79. The summed E-state index contributed by atoms with van der Waals surface area (Å²) >= 11 is 0. The van der Waals surface area contributed by atoms with Crippen molar-refractivity contribution in [3.63, 3.8) is 0 Å². The first kappa shape index (κ1) is 16.4. The van der Waals surface area contributed by atoms with Gasteiger partial charge in [0.1, 0.15) is 0 Å². The summed E-state index contributed by atoms with van der Waals surface area (Å²) in [7, 11) is 3.66. The van der Waals surface area contributed by atoms with Gasteiger partial charge in [-0.15, -0.1) is 0 Å². The number of methoxy groups -OCH3 is 1. The Morgan fingerprint density at radius 1 is 1.40 bits per heavy atom. The first-order valence-corrected chi connectivity index (χ1v) is 6.61. The lowest BCUT2D eigenvalue weighted by Gasteiger charge is -2.16. The maximum absolute atomic E-state index is 12.1. The van der Waals surface area contributed by atoms with Gasteiger partial charge in [0.25, 0.3) is 5.91 Å². The number of nitrogen functional groups attached to an aromatic ring is 1. The van der Waals surface area contributed by atoms with E-state index in [1.165, 1.54) is 0 Å². The molecule has 6 nitrogen and oxygen atoms in total. The third-order valence-corrected chi connectivity index (χ3v) is 3.03. The molecule has 0 aliphatic rings. The second-order valence-corrected chi connectivity index (χ2v) is 4.75. The van der Waals surface area contributed by atoms with Gasteiger partial charge in [-0.1, -0.05) is 6.07 Å². The van der Waals surface area contributed by atoms with E-state index in [1.54, 1.807) is 13.2 Å². The van der Waals surface area contributed by atoms with E-state index in [1.807, 2.05) is 26.1 Å². The highest BCUT2D eigenvalue weighted by Crippen LogP contribution is 2.16. The van der Waals surface area contributed by atoms with Crippen molar-refractivity contribution >= 4 is 11.6 Å². The maximum atomic E-state index is 12.1. The third kappa shape index (κ3) is 5.16. The van der Waals surface area contributed by atoms with E-state index in [4.69, 9.17) is 10.6 Å². The van der Waals surface area contributed by atoms with Crippen LogP contribution < -0.4 is 16.6 Å². The van der Waals surface area contributed by atoms with Crippen molar-refractivity contribution in [2.75, 3.05) is 45.8 Å². The van der Waals surface area contributed by atoms with Crippen molar-refractivity contribution < 1.29 is 9.53 Å². The number of anilines is 1.